The quantitative estimate of drug-likeness (QED) is 0.378. The molecule has 1 saturated heterocycles. The van der Waals surface area contributed by atoms with Gasteiger partial charge < -0.3 is 20.7 Å². The van der Waals surface area contributed by atoms with Gasteiger partial charge in [-0.1, -0.05) is 18.5 Å². The molecule has 3 aliphatic carbocycles. The van der Waals surface area contributed by atoms with Crippen LogP contribution in [0.4, 0.5) is 0 Å². The van der Waals surface area contributed by atoms with Crippen LogP contribution in [-0.2, 0) is 36.9 Å². The molecule has 5 rings (SSSR count). The fourth-order valence-corrected chi connectivity index (χ4v) is 7.75. The molecule has 3 fully saturated rings. The maximum Gasteiger partial charge on any atom is 0.235 e. The molecule has 2 saturated carbocycles. The van der Waals surface area contributed by atoms with Crippen LogP contribution < -0.4 is 5.73 Å². The van der Waals surface area contributed by atoms with E-state index in [0.29, 0.717) is 35.2 Å². The lowest BCUT2D eigenvalue weighted by Gasteiger charge is -2.52. The summed E-state index contributed by atoms with van der Waals surface area (Å²) in [5.74, 6) is -10.4. The predicted molar refractivity (Wildman–Crippen MR) is 146 cm³/mol. The number of carbonyl (C=O) groups excluding carboxylic acids is 5. The van der Waals surface area contributed by atoms with Crippen LogP contribution in [0.15, 0.2) is 6.07 Å². The average Bonchev–Trinajstić information content (AvgIpc) is 3.41. The van der Waals surface area contributed by atoms with E-state index in [9.17, 15) is 34.2 Å². The normalized spacial score (nSPS) is 33.2. The summed E-state index contributed by atoms with van der Waals surface area (Å²) in [5, 5.41) is 23.0. The number of amides is 1. The van der Waals surface area contributed by atoms with Crippen LogP contribution in [0.2, 0.25) is 5.02 Å². The number of phenolic OH excluding ortho intramolecular Hbond substituents is 1. The Morgan fingerprint density at radius 1 is 1.22 bits per heavy atom. The van der Waals surface area contributed by atoms with E-state index >= 15 is 0 Å². The first-order valence-corrected chi connectivity index (χ1v) is 14.4. The number of ether oxygens (including phenoxy) is 1. The zero-order valence-electron chi connectivity index (χ0n) is 23.4. The summed E-state index contributed by atoms with van der Waals surface area (Å²) in [5.41, 5.74) is 3.56. The molecule has 0 bridgehead atoms. The van der Waals surface area contributed by atoms with Crippen molar-refractivity contribution in [2.75, 3.05) is 40.4 Å². The fourth-order valence-electron chi connectivity index (χ4n) is 7.46. The number of Topliss-reactive ketones (excluding diaryl/α,β-unsaturated/α-hetero) is 4. The van der Waals surface area contributed by atoms with Crippen molar-refractivity contribution in [3.05, 3.63) is 27.8 Å². The minimum absolute atomic E-state index is 0.0199. The second-order valence-corrected chi connectivity index (χ2v) is 12.4. The molecule has 1 aromatic carbocycles. The number of fused-ring (bicyclic) bond motifs is 3. The molecule has 12 heteroatoms. The van der Waals surface area contributed by atoms with Gasteiger partial charge in [-0.05, 0) is 68.9 Å². The average molecular weight is 590 g/mol. The Labute approximate surface area is 242 Å². The monoisotopic (exact) mass is 589 g/mol. The third-order valence-electron chi connectivity index (χ3n) is 9.45. The molecule has 4 aliphatic rings. The highest BCUT2D eigenvalue weighted by molar-refractivity contribution is 6.34. The molecule has 222 valence electrons. The van der Waals surface area contributed by atoms with Crippen molar-refractivity contribution >= 4 is 40.6 Å². The number of hydrogen-bond donors (Lipinski definition) is 3. The molecule has 41 heavy (non-hydrogen) atoms. The first kappa shape index (κ1) is 29.8. The standard InChI is InChI=1S/C29H36ClN3O8/c1-4-33(10-13-5-6-41-12-13)11-15-9-18(34)20-16(22(15)30)7-14-8-17-23(32(2)3)25(36)21(28(31)39)27(38)29(17,40)26(37)19(14)24(20)35/h9,13-14,17,19,21,23,34,40H,4-8,10-12H2,1-3H3,(H2,31,39)/t13?,14-,17-,19?,21?,23-,29-/m0/s1. The summed E-state index contributed by atoms with van der Waals surface area (Å²) in [6.45, 7) is 5.43. The van der Waals surface area contributed by atoms with E-state index < -0.39 is 64.4 Å². The van der Waals surface area contributed by atoms with Gasteiger partial charge in [0.2, 0.25) is 5.91 Å². The third kappa shape index (κ3) is 4.62. The van der Waals surface area contributed by atoms with Gasteiger partial charge in [0.25, 0.3) is 0 Å². The Bertz CT molecular complexity index is 1330. The van der Waals surface area contributed by atoms with Gasteiger partial charge in [-0.3, -0.25) is 33.8 Å². The zero-order valence-corrected chi connectivity index (χ0v) is 24.1. The second kappa shape index (κ2) is 10.9. The maximum atomic E-state index is 13.9. The first-order chi connectivity index (χ1) is 19.3. The van der Waals surface area contributed by atoms with Gasteiger partial charge in [-0.25, -0.2) is 0 Å². The van der Waals surface area contributed by atoms with Crippen LogP contribution in [0.1, 0.15) is 41.3 Å². The minimum Gasteiger partial charge on any atom is -0.507 e. The van der Waals surface area contributed by atoms with Crippen LogP contribution in [0.5, 0.6) is 5.75 Å². The van der Waals surface area contributed by atoms with Crippen molar-refractivity contribution in [2.24, 2.45) is 35.3 Å². The van der Waals surface area contributed by atoms with Crippen LogP contribution in [0.3, 0.4) is 0 Å². The number of carbonyl (C=O) groups is 5. The summed E-state index contributed by atoms with van der Waals surface area (Å²) in [7, 11) is 3.10. The summed E-state index contributed by atoms with van der Waals surface area (Å²) < 4.78 is 5.49. The number of aliphatic hydroxyl groups is 1. The Hall–Kier alpha value is -2.70. The predicted octanol–water partition coefficient (Wildman–Crippen LogP) is 0.379. The highest BCUT2D eigenvalue weighted by Gasteiger charge is 2.69. The Balaban J connectivity index is 1.52. The Morgan fingerprint density at radius 3 is 2.51 bits per heavy atom. The first-order valence-electron chi connectivity index (χ1n) is 14.0. The molecule has 0 spiro atoms. The Kier molecular flexibility index (Phi) is 7.88. The van der Waals surface area contributed by atoms with E-state index in [2.05, 4.69) is 4.90 Å². The fraction of sp³-hybridized carbons (Fsp3) is 0.621. The van der Waals surface area contributed by atoms with E-state index in [0.717, 1.165) is 26.1 Å². The number of halogens is 1. The smallest absolute Gasteiger partial charge is 0.235 e. The number of phenols is 1. The van der Waals surface area contributed by atoms with Crippen molar-refractivity contribution in [1.82, 2.24) is 9.80 Å². The van der Waals surface area contributed by atoms with Gasteiger partial charge in [0.1, 0.15) is 5.75 Å². The van der Waals surface area contributed by atoms with Crippen molar-refractivity contribution in [3.8, 4) is 5.75 Å². The maximum absolute atomic E-state index is 13.9. The van der Waals surface area contributed by atoms with E-state index in [4.69, 9.17) is 22.1 Å². The minimum atomic E-state index is -2.75. The molecule has 1 heterocycles. The molecular weight excluding hydrogens is 554 g/mol. The third-order valence-corrected chi connectivity index (χ3v) is 9.92. The number of ketones is 4. The molecule has 0 radical (unpaired) electrons. The lowest BCUT2D eigenvalue weighted by atomic mass is 9.52. The van der Waals surface area contributed by atoms with Crippen molar-refractivity contribution in [3.63, 3.8) is 0 Å². The van der Waals surface area contributed by atoms with Crippen molar-refractivity contribution in [2.45, 2.75) is 44.4 Å². The molecule has 1 aromatic rings. The van der Waals surface area contributed by atoms with Gasteiger partial charge >= 0.3 is 0 Å². The Morgan fingerprint density at radius 2 is 1.93 bits per heavy atom. The van der Waals surface area contributed by atoms with Crippen molar-refractivity contribution < 1.29 is 38.9 Å². The lowest BCUT2D eigenvalue weighted by Crippen LogP contribution is -2.74. The summed E-state index contributed by atoms with van der Waals surface area (Å²) >= 11 is 6.88. The number of aromatic hydroxyl groups is 1. The van der Waals surface area contributed by atoms with Crippen molar-refractivity contribution in [1.29, 1.82) is 0 Å². The van der Waals surface area contributed by atoms with Gasteiger partial charge in [0.05, 0.1) is 24.1 Å². The van der Waals surface area contributed by atoms with Crippen LogP contribution in [0, 0.1) is 29.6 Å². The topological polar surface area (TPSA) is 168 Å². The number of benzene rings is 1. The number of primary amides is 1. The van der Waals surface area contributed by atoms with Gasteiger partial charge in [-0.2, -0.15) is 0 Å². The molecule has 7 atom stereocenters. The molecule has 1 amide bonds. The second-order valence-electron chi connectivity index (χ2n) is 12.1. The number of rotatable bonds is 7. The van der Waals surface area contributed by atoms with Crippen LogP contribution in [-0.4, -0.2) is 101 Å². The molecule has 3 unspecified atom stereocenters. The van der Waals surface area contributed by atoms with Crippen LogP contribution in [0.25, 0.3) is 0 Å². The van der Waals surface area contributed by atoms with Gasteiger partial charge in [-0.15, -0.1) is 0 Å². The number of likely N-dealkylation sites (N-methyl/N-ethyl adjacent to an activating group) is 1. The molecule has 1 aliphatic heterocycles. The zero-order chi connectivity index (χ0) is 30.0. The summed E-state index contributed by atoms with van der Waals surface area (Å²) in [4.78, 5) is 70.0. The molecule has 11 nitrogen and oxygen atoms in total. The number of nitrogens with zero attached hydrogens (tertiary/aromatic N) is 2. The largest absolute Gasteiger partial charge is 0.507 e. The van der Waals surface area contributed by atoms with E-state index in [1.54, 1.807) is 14.1 Å². The van der Waals surface area contributed by atoms with E-state index in [1.807, 2.05) is 6.92 Å². The SMILES string of the molecule is CCN(Cc1cc(O)c2c(c1Cl)C[C@H]1C[C@H]3[C@H](N(C)C)C(=O)C(C(N)=O)C(=O)[C@@]3(O)C(=O)C1C2=O)CC1CCOC1. The molecule has 4 N–H and O–H groups in total. The molecular formula is C29H36ClN3O8. The highest BCUT2D eigenvalue weighted by Crippen LogP contribution is 2.51. The number of hydrogen-bond acceptors (Lipinski definition) is 10. The van der Waals surface area contributed by atoms with Gasteiger partial charge in [0.15, 0.2) is 34.7 Å². The number of nitrogens with two attached hydrogens (primary N) is 1. The highest BCUT2D eigenvalue weighted by atomic mass is 35.5. The van der Waals surface area contributed by atoms with E-state index in [-0.39, 0.29) is 24.2 Å². The molecule has 0 aromatic heterocycles. The van der Waals surface area contributed by atoms with Crippen LogP contribution >= 0.6 is 11.6 Å². The summed E-state index contributed by atoms with van der Waals surface area (Å²) in [6.07, 6.45) is 1.08. The summed E-state index contributed by atoms with van der Waals surface area (Å²) in [6, 6.07) is 0.290. The van der Waals surface area contributed by atoms with Gasteiger partial charge in [0, 0.05) is 30.6 Å². The van der Waals surface area contributed by atoms with E-state index in [1.165, 1.54) is 11.0 Å². The lowest BCUT2D eigenvalue weighted by molar-refractivity contribution is -0.181.